The van der Waals surface area contributed by atoms with Gasteiger partial charge in [0.2, 0.25) is 0 Å². The van der Waals surface area contributed by atoms with Gasteiger partial charge in [-0.15, -0.1) is 6.58 Å². The molecule has 0 N–H and O–H groups in total. The first-order valence-corrected chi connectivity index (χ1v) is 5.86. The van der Waals surface area contributed by atoms with Crippen LogP contribution >= 0.6 is 0 Å². The molecule has 0 spiro atoms. The summed E-state index contributed by atoms with van der Waals surface area (Å²) in [7, 11) is 1.32. The molecule has 5 heteroatoms. The quantitative estimate of drug-likeness (QED) is 0.412. The average Bonchev–Trinajstić information content (AvgIpc) is 2.38. The van der Waals surface area contributed by atoms with E-state index in [4.69, 9.17) is 9.47 Å². The summed E-state index contributed by atoms with van der Waals surface area (Å²) in [4.78, 5) is 23.2. The van der Waals surface area contributed by atoms with Crippen LogP contribution in [-0.2, 0) is 23.8 Å². The first kappa shape index (κ1) is 12.8. The Balaban J connectivity index is 2.08. The van der Waals surface area contributed by atoms with Crippen molar-refractivity contribution in [3.8, 4) is 0 Å². The van der Waals surface area contributed by atoms with Crippen LogP contribution in [0.3, 0.4) is 0 Å². The van der Waals surface area contributed by atoms with Crippen LogP contribution in [0.1, 0.15) is 6.42 Å². The van der Waals surface area contributed by atoms with Gasteiger partial charge in [-0.2, -0.15) is 0 Å². The number of carbonyl (C=O) groups is 2. The summed E-state index contributed by atoms with van der Waals surface area (Å²) < 4.78 is 15.2. The van der Waals surface area contributed by atoms with E-state index in [-0.39, 0.29) is 11.9 Å². The highest BCUT2D eigenvalue weighted by Crippen LogP contribution is 2.38. The van der Waals surface area contributed by atoms with E-state index in [0.717, 1.165) is 0 Å². The lowest BCUT2D eigenvalue weighted by Gasteiger charge is -2.38. The van der Waals surface area contributed by atoms with Crippen molar-refractivity contribution in [2.75, 3.05) is 20.3 Å². The highest BCUT2D eigenvalue weighted by molar-refractivity contribution is 5.93. The summed E-state index contributed by atoms with van der Waals surface area (Å²) in [5.41, 5.74) is 0.446. The minimum absolute atomic E-state index is 0.0598. The van der Waals surface area contributed by atoms with Crippen molar-refractivity contribution in [3.63, 3.8) is 0 Å². The van der Waals surface area contributed by atoms with E-state index in [9.17, 15) is 9.59 Å². The summed E-state index contributed by atoms with van der Waals surface area (Å²) in [6, 6.07) is 0. The van der Waals surface area contributed by atoms with Gasteiger partial charge in [-0.3, -0.25) is 4.79 Å². The third-order valence-corrected chi connectivity index (χ3v) is 3.25. The summed E-state index contributed by atoms with van der Waals surface area (Å²) in [5.74, 6) is -1.06. The lowest BCUT2D eigenvalue weighted by molar-refractivity contribution is -0.165. The van der Waals surface area contributed by atoms with Crippen molar-refractivity contribution < 1.29 is 23.8 Å². The smallest absolute Gasteiger partial charge is 0.337 e. The molecule has 3 rings (SSSR count). The maximum Gasteiger partial charge on any atom is 0.337 e. The average molecular weight is 252 g/mol. The summed E-state index contributed by atoms with van der Waals surface area (Å²) in [5, 5.41) is 0. The molecule has 0 aromatic carbocycles. The third-order valence-electron chi connectivity index (χ3n) is 3.25. The minimum Gasteiger partial charge on any atom is -0.466 e. The zero-order chi connectivity index (χ0) is 13.1. The van der Waals surface area contributed by atoms with E-state index >= 15 is 0 Å². The molecule has 0 aromatic heterocycles. The van der Waals surface area contributed by atoms with Crippen LogP contribution in [0.25, 0.3) is 0 Å². The van der Waals surface area contributed by atoms with Crippen LogP contribution in [-0.4, -0.2) is 38.4 Å². The highest BCUT2D eigenvalue weighted by atomic mass is 16.6. The van der Waals surface area contributed by atoms with E-state index in [1.165, 1.54) is 7.11 Å². The number of fused-ring (bicyclic) bond motifs is 2. The fraction of sp³-hybridized carbons (Fsp3) is 0.538. The van der Waals surface area contributed by atoms with Gasteiger partial charge in [-0.05, 0) is 6.42 Å². The van der Waals surface area contributed by atoms with Gasteiger partial charge in [0.25, 0.3) is 0 Å². The van der Waals surface area contributed by atoms with E-state index in [1.807, 2.05) is 0 Å². The monoisotopic (exact) mass is 252 g/mol. The predicted octanol–water partition coefficient (Wildman–Crippen LogP) is 0.850. The lowest BCUT2D eigenvalue weighted by Crippen LogP contribution is -2.46. The number of hydrogen-bond acceptors (Lipinski definition) is 5. The maximum atomic E-state index is 11.7. The first-order valence-electron chi connectivity index (χ1n) is 5.86. The third kappa shape index (κ3) is 2.31. The second-order valence-electron chi connectivity index (χ2n) is 4.39. The number of esters is 2. The predicted molar refractivity (Wildman–Crippen MR) is 62.6 cm³/mol. The molecule has 98 valence electrons. The molecule has 1 aliphatic carbocycles. The van der Waals surface area contributed by atoms with Crippen LogP contribution in [0.2, 0.25) is 0 Å². The molecule has 3 atom stereocenters. The molecule has 18 heavy (non-hydrogen) atoms. The van der Waals surface area contributed by atoms with Gasteiger partial charge in [0, 0.05) is 5.92 Å². The molecule has 0 unspecified atom stereocenters. The second-order valence-corrected chi connectivity index (χ2v) is 4.39. The van der Waals surface area contributed by atoms with Gasteiger partial charge in [-0.25, -0.2) is 4.79 Å². The zero-order valence-electron chi connectivity index (χ0n) is 10.3. The van der Waals surface area contributed by atoms with Crippen molar-refractivity contribution in [1.82, 2.24) is 0 Å². The number of ether oxygens (including phenoxy) is 3. The number of hydrogen-bond donors (Lipinski definition) is 0. The largest absolute Gasteiger partial charge is 0.466 e. The first-order chi connectivity index (χ1) is 8.67. The molecule has 1 saturated heterocycles. The molecule has 0 aromatic rings. The van der Waals surface area contributed by atoms with Crippen LogP contribution < -0.4 is 0 Å². The Kier molecular flexibility index (Phi) is 3.81. The van der Waals surface area contributed by atoms with Crippen molar-refractivity contribution in [3.05, 3.63) is 24.3 Å². The molecule has 0 amide bonds. The normalized spacial score (nSPS) is 29.5. The van der Waals surface area contributed by atoms with E-state index < -0.39 is 18.0 Å². The Morgan fingerprint density at radius 3 is 3.06 bits per heavy atom. The Hall–Kier alpha value is -1.62. The molecule has 0 radical (unpaired) electrons. The molecule has 2 heterocycles. The SMILES string of the molecule is C=CCOC[C@H]1C[C@@H]2OC(=O)[C@H]1C=C2C(=O)OC. The standard InChI is InChI=1S/C13H16O5/c1-3-4-17-7-8-5-11-10(12(14)16-2)6-9(8)13(15)18-11/h3,6,8-9,11H,1,4-5,7H2,2H3/t8-,9+,11+/m1/s1. The van der Waals surface area contributed by atoms with Crippen LogP contribution in [0, 0.1) is 11.8 Å². The molecule has 3 aliphatic rings. The Morgan fingerprint density at radius 1 is 1.67 bits per heavy atom. The number of rotatable bonds is 5. The Morgan fingerprint density at radius 2 is 2.44 bits per heavy atom. The lowest BCUT2D eigenvalue weighted by atomic mass is 9.77. The van der Waals surface area contributed by atoms with Gasteiger partial charge >= 0.3 is 11.9 Å². The topological polar surface area (TPSA) is 61.8 Å². The van der Waals surface area contributed by atoms with Crippen LogP contribution in [0.5, 0.6) is 0 Å². The molecule has 0 saturated carbocycles. The maximum absolute atomic E-state index is 11.7. The number of methoxy groups -OCH3 is 1. The Bertz CT molecular complexity index is 398. The van der Waals surface area contributed by atoms with Gasteiger partial charge in [0.1, 0.15) is 6.10 Å². The summed E-state index contributed by atoms with van der Waals surface area (Å²) in [6.07, 6.45) is 3.43. The fourth-order valence-corrected chi connectivity index (χ4v) is 2.37. The van der Waals surface area contributed by atoms with Gasteiger partial charge in [-0.1, -0.05) is 12.2 Å². The van der Waals surface area contributed by atoms with Crippen LogP contribution in [0.15, 0.2) is 24.3 Å². The van der Waals surface area contributed by atoms with E-state index in [0.29, 0.717) is 25.2 Å². The van der Waals surface area contributed by atoms with Crippen molar-refractivity contribution in [2.24, 2.45) is 11.8 Å². The van der Waals surface area contributed by atoms with Crippen LogP contribution in [0.4, 0.5) is 0 Å². The minimum atomic E-state index is -0.493. The van der Waals surface area contributed by atoms with Crippen molar-refractivity contribution >= 4 is 11.9 Å². The van der Waals surface area contributed by atoms with E-state index in [1.54, 1.807) is 12.2 Å². The molecule has 2 aliphatic heterocycles. The molecule has 2 bridgehead atoms. The van der Waals surface area contributed by atoms with E-state index in [2.05, 4.69) is 11.3 Å². The Labute approximate surface area is 105 Å². The molecular formula is C13H16O5. The molecule has 5 nitrogen and oxygen atoms in total. The number of carbonyl (C=O) groups excluding carboxylic acids is 2. The highest BCUT2D eigenvalue weighted by Gasteiger charge is 2.45. The zero-order valence-corrected chi connectivity index (χ0v) is 10.3. The fourth-order valence-electron chi connectivity index (χ4n) is 2.37. The molecular weight excluding hydrogens is 236 g/mol. The van der Waals surface area contributed by atoms with Gasteiger partial charge < -0.3 is 14.2 Å². The second kappa shape index (κ2) is 5.35. The van der Waals surface area contributed by atoms with Gasteiger partial charge in [0.15, 0.2) is 0 Å². The van der Waals surface area contributed by atoms with Crippen molar-refractivity contribution in [1.29, 1.82) is 0 Å². The summed E-state index contributed by atoms with van der Waals surface area (Å²) in [6.45, 7) is 4.48. The summed E-state index contributed by atoms with van der Waals surface area (Å²) >= 11 is 0. The van der Waals surface area contributed by atoms with Crippen molar-refractivity contribution in [2.45, 2.75) is 12.5 Å². The van der Waals surface area contributed by atoms with Gasteiger partial charge in [0.05, 0.1) is 31.8 Å². The molecule has 1 fully saturated rings.